The third-order valence-corrected chi connectivity index (χ3v) is 3.57. The summed E-state index contributed by atoms with van der Waals surface area (Å²) in [4.78, 5) is 11.9. The molecule has 0 bridgehead atoms. The normalized spacial score (nSPS) is 28.5. The van der Waals surface area contributed by atoms with Crippen LogP contribution >= 0.6 is 12.4 Å². The largest absolute Gasteiger partial charge is 0.376 e. The maximum atomic E-state index is 11.9. The highest BCUT2D eigenvalue weighted by Crippen LogP contribution is 2.12. The van der Waals surface area contributed by atoms with Crippen molar-refractivity contribution in [2.45, 2.75) is 50.9 Å². The summed E-state index contributed by atoms with van der Waals surface area (Å²) >= 11 is 0. The molecule has 2 saturated heterocycles. The van der Waals surface area contributed by atoms with Gasteiger partial charge in [0, 0.05) is 19.2 Å². The maximum absolute atomic E-state index is 11.9. The van der Waals surface area contributed by atoms with E-state index < -0.39 is 6.10 Å². The van der Waals surface area contributed by atoms with E-state index in [0.717, 1.165) is 45.4 Å². The lowest BCUT2D eigenvalue weighted by atomic mass is 10.1. The van der Waals surface area contributed by atoms with E-state index in [-0.39, 0.29) is 30.5 Å². The Morgan fingerprint density at radius 1 is 1.47 bits per heavy atom. The number of carbonyl (C=O) groups excluding carboxylic acids is 1. The summed E-state index contributed by atoms with van der Waals surface area (Å²) in [5, 5.41) is 6.31. The van der Waals surface area contributed by atoms with Crippen molar-refractivity contribution in [2.24, 2.45) is 0 Å². The Bertz CT molecular complexity index is 267. The van der Waals surface area contributed by atoms with Crippen LogP contribution in [0.15, 0.2) is 0 Å². The molecule has 0 saturated carbocycles. The third-order valence-electron chi connectivity index (χ3n) is 3.57. The van der Waals surface area contributed by atoms with E-state index in [1.807, 2.05) is 0 Å². The number of ether oxygens (including phenoxy) is 2. The van der Waals surface area contributed by atoms with Gasteiger partial charge in [-0.2, -0.15) is 0 Å². The number of halogens is 1. The molecule has 2 unspecified atom stereocenters. The lowest BCUT2D eigenvalue weighted by Gasteiger charge is -2.25. The third kappa shape index (κ3) is 5.65. The Hall–Kier alpha value is -0.360. The number of hydrogen-bond donors (Lipinski definition) is 2. The van der Waals surface area contributed by atoms with Crippen LogP contribution in [0.4, 0.5) is 0 Å². The molecule has 0 radical (unpaired) electrons. The SMILES string of the molecule is CC(OCC1CCCO1)C(=O)N[C@H]1CCCNC1.Cl. The molecule has 2 aliphatic heterocycles. The van der Waals surface area contributed by atoms with Gasteiger partial charge in [-0.15, -0.1) is 12.4 Å². The van der Waals surface area contributed by atoms with Crippen LogP contribution in [-0.4, -0.2) is 50.5 Å². The molecular weight excluding hydrogens is 268 g/mol. The predicted molar refractivity (Wildman–Crippen MR) is 75.7 cm³/mol. The molecule has 6 heteroatoms. The van der Waals surface area contributed by atoms with Gasteiger partial charge in [-0.1, -0.05) is 0 Å². The fourth-order valence-corrected chi connectivity index (χ4v) is 2.40. The van der Waals surface area contributed by atoms with Crippen molar-refractivity contribution in [1.82, 2.24) is 10.6 Å². The standard InChI is InChI=1S/C13H24N2O3.ClH/c1-10(18-9-12-5-3-7-17-12)13(16)15-11-4-2-6-14-8-11;/h10-12,14H,2-9H2,1H3,(H,15,16);1H/t10?,11-,12?;/m0./s1. The number of amides is 1. The zero-order valence-electron chi connectivity index (χ0n) is 11.5. The Balaban J connectivity index is 0.00000180. The smallest absolute Gasteiger partial charge is 0.249 e. The van der Waals surface area contributed by atoms with Gasteiger partial charge < -0.3 is 20.1 Å². The van der Waals surface area contributed by atoms with E-state index in [4.69, 9.17) is 9.47 Å². The van der Waals surface area contributed by atoms with Gasteiger partial charge in [-0.3, -0.25) is 4.79 Å². The zero-order valence-corrected chi connectivity index (χ0v) is 12.3. The fourth-order valence-electron chi connectivity index (χ4n) is 2.40. The van der Waals surface area contributed by atoms with Gasteiger partial charge in [-0.25, -0.2) is 0 Å². The average molecular weight is 293 g/mol. The maximum Gasteiger partial charge on any atom is 0.249 e. The van der Waals surface area contributed by atoms with Crippen LogP contribution in [0.5, 0.6) is 0 Å². The second kappa shape index (κ2) is 8.74. The molecule has 19 heavy (non-hydrogen) atoms. The van der Waals surface area contributed by atoms with Crippen LogP contribution in [-0.2, 0) is 14.3 Å². The second-order valence-corrected chi connectivity index (χ2v) is 5.16. The van der Waals surface area contributed by atoms with Gasteiger partial charge >= 0.3 is 0 Å². The van der Waals surface area contributed by atoms with Crippen LogP contribution in [0, 0.1) is 0 Å². The second-order valence-electron chi connectivity index (χ2n) is 5.16. The molecular formula is C13H25ClN2O3. The molecule has 0 aliphatic carbocycles. The van der Waals surface area contributed by atoms with E-state index in [0.29, 0.717) is 6.61 Å². The zero-order chi connectivity index (χ0) is 12.8. The molecule has 2 rings (SSSR count). The molecule has 0 aromatic rings. The van der Waals surface area contributed by atoms with Gasteiger partial charge in [-0.05, 0) is 39.2 Å². The molecule has 0 aromatic heterocycles. The van der Waals surface area contributed by atoms with E-state index in [1.54, 1.807) is 6.92 Å². The van der Waals surface area contributed by atoms with Crippen LogP contribution in [0.25, 0.3) is 0 Å². The first kappa shape index (κ1) is 16.7. The van der Waals surface area contributed by atoms with Crippen LogP contribution in [0.3, 0.4) is 0 Å². The number of rotatable bonds is 5. The monoisotopic (exact) mass is 292 g/mol. The quantitative estimate of drug-likeness (QED) is 0.789. The van der Waals surface area contributed by atoms with Crippen molar-refractivity contribution >= 4 is 18.3 Å². The lowest BCUT2D eigenvalue weighted by molar-refractivity contribution is -0.134. The molecule has 0 spiro atoms. The van der Waals surface area contributed by atoms with Gasteiger partial charge in [0.15, 0.2) is 0 Å². The van der Waals surface area contributed by atoms with Crippen molar-refractivity contribution in [3.63, 3.8) is 0 Å². The first-order valence-electron chi connectivity index (χ1n) is 7.00. The van der Waals surface area contributed by atoms with Gasteiger partial charge in [0.1, 0.15) is 6.10 Å². The van der Waals surface area contributed by atoms with Crippen molar-refractivity contribution < 1.29 is 14.3 Å². The minimum atomic E-state index is -0.392. The molecule has 2 N–H and O–H groups in total. The van der Waals surface area contributed by atoms with E-state index in [1.165, 1.54) is 0 Å². The summed E-state index contributed by atoms with van der Waals surface area (Å²) in [6.07, 6.45) is 4.10. The van der Waals surface area contributed by atoms with Gasteiger partial charge in [0.2, 0.25) is 5.91 Å². The topological polar surface area (TPSA) is 59.6 Å². The molecule has 2 aliphatic rings. The summed E-state index contributed by atoms with van der Waals surface area (Å²) in [6.45, 7) is 5.07. The Kier molecular flexibility index (Phi) is 7.68. The number of carbonyl (C=O) groups is 1. The Morgan fingerprint density at radius 3 is 2.95 bits per heavy atom. The lowest BCUT2D eigenvalue weighted by Crippen LogP contribution is -2.48. The van der Waals surface area contributed by atoms with Crippen LogP contribution < -0.4 is 10.6 Å². The first-order chi connectivity index (χ1) is 8.75. The molecule has 112 valence electrons. The van der Waals surface area contributed by atoms with Gasteiger partial charge in [0.25, 0.3) is 0 Å². The highest BCUT2D eigenvalue weighted by molar-refractivity contribution is 5.85. The summed E-state index contributed by atoms with van der Waals surface area (Å²) in [6, 6.07) is 0.250. The average Bonchev–Trinajstić information content (AvgIpc) is 2.90. The summed E-state index contributed by atoms with van der Waals surface area (Å²) < 4.78 is 11.0. The van der Waals surface area contributed by atoms with Crippen molar-refractivity contribution in [1.29, 1.82) is 0 Å². The van der Waals surface area contributed by atoms with E-state index >= 15 is 0 Å². The summed E-state index contributed by atoms with van der Waals surface area (Å²) in [7, 11) is 0. The van der Waals surface area contributed by atoms with Crippen molar-refractivity contribution in [3.8, 4) is 0 Å². The van der Waals surface area contributed by atoms with Crippen molar-refractivity contribution in [3.05, 3.63) is 0 Å². The predicted octanol–water partition coefficient (Wildman–Crippen LogP) is 0.860. The number of hydrogen-bond acceptors (Lipinski definition) is 4. The Morgan fingerprint density at radius 2 is 2.32 bits per heavy atom. The van der Waals surface area contributed by atoms with Crippen molar-refractivity contribution in [2.75, 3.05) is 26.3 Å². The van der Waals surface area contributed by atoms with Gasteiger partial charge in [0.05, 0.1) is 12.7 Å². The van der Waals surface area contributed by atoms with Crippen LogP contribution in [0.2, 0.25) is 0 Å². The minimum Gasteiger partial charge on any atom is -0.376 e. The number of piperidine rings is 1. The molecule has 0 aromatic carbocycles. The highest BCUT2D eigenvalue weighted by Gasteiger charge is 2.22. The minimum absolute atomic E-state index is 0. The molecule has 5 nitrogen and oxygen atoms in total. The molecule has 3 atom stereocenters. The molecule has 2 heterocycles. The first-order valence-corrected chi connectivity index (χ1v) is 7.00. The molecule has 2 fully saturated rings. The highest BCUT2D eigenvalue weighted by atomic mass is 35.5. The van der Waals surface area contributed by atoms with Crippen LogP contribution in [0.1, 0.15) is 32.6 Å². The Labute approximate surface area is 121 Å². The summed E-state index contributed by atoms with van der Waals surface area (Å²) in [5.41, 5.74) is 0. The van der Waals surface area contributed by atoms with E-state index in [9.17, 15) is 4.79 Å². The molecule has 1 amide bonds. The summed E-state index contributed by atoms with van der Waals surface area (Å²) in [5.74, 6) is -0.0123. The number of nitrogens with one attached hydrogen (secondary N) is 2. The van der Waals surface area contributed by atoms with E-state index in [2.05, 4.69) is 10.6 Å². The fraction of sp³-hybridized carbons (Fsp3) is 0.923.